The number of carbonyl (C=O) groups is 4. The van der Waals surface area contributed by atoms with Crippen molar-refractivity contribution in [1.29, 1.82) is 0 Å². The second-order valence-corrected chi connectivity index (χ2v) is 10.2. The van der Waals surface area contributed by atoms with E-state index >= 15 is 0 Å². The molecular formula is C21H28N2O6S2. The van der Waals surface area contributed by atoms with Gasteiger partial charge in [-0.05, 0) is 25.8 Å². The third-order valence-corrected chi connectivity index (χ3v) is 6.76. The number of carbonyl (C=O) groups excluding carboxylic acids is 4. The van der Waals surface area contributed by atoms with E-state index in [1.807, 2.05) is 13.8 Å². The first-order valence-corrected chi connectivity index (χ1v) is 11.6. The van der Waals surface area contributed by atoms with Gasteiger partial charge >= 0.3 is 11.9 Å². The van der Waals surface area contributed by atoms with E-state index in [1.54, 1.807) is 20.8 Å². The predicted octanol–water partition coefficient (Wildman–Crippen LogP) is 3.49. The Hall–Kier alpha value is -2.33. The molecule has 1 fully saturated rings. The standard InChI is InChI=1S/C21H28N2O6S2/c1-12-13(2)31-18(22-20(27)21(3,4)5)17(12)19(26)29-9-7-8-23-14(24)11-30-15(23)10-16(25)28-6/h10H,7-9,11H2,1-6H3,(H,22,27)/b15-10+. The van der Waals surface area contributed by atoms with Gasteiger partial charge in [-0.15, -0.1) is 11.3 Å². The van der Waals surface area contributed by atoms with Crippen molar-refractivity contribution < 1.29 is 28.7 Å². The van der Waals surface area contributed by atoms with E-state index in [0.717, 1.165) is 10.4 Å². The summed E-state index contributed by atoms with van der Waals surface area (Å²) in [5.74, 6) is -1.08. The summed E-state index contributed by atoms with van der Waals surface area (Å²) in [6, 6.07) is 0. The highest BCUT2D eigenvalue weighted by atomic mass is 32.2. The zero-order valence-corrected chi connectivity index (χ0v) is 20.3. The Morgan fingerprint density at radius 2 is 1.90 bits per heavy atom. The van der Waals surface area contributed by atoms with Gasteiger partial charge < -0.3 is 19.7 Å². The maximum atomic E-state index is 12.7. The molecule has 1 aromatic rings. The smallest absolute Gasteiger partial charge is 0.341 e. The fourth-order valence-electron chi connectivity index (χ4n) is 2.64. The molecule has 0 bridgehead atoms. The van der Waals surface area contributed by atoms with Crippen molar-refractivity contribution in [3.05, 3.63) is 27.1 Å². The van der Waals surface area contributed by atoms with E-state index in [1.165, 1.54) is 41.2 Å². The Kier molecular flexibility index (Phi) is 8.30. The molecule has 0 spiro atoms. The van der Waals surface area contributed by atoms with Crippen LogP contribution in [0.1, 0.15) is 48.0 Å². The minimum absolute atomic E-state index is 0.0970. The van der Waals surface area contributed by atoms with Crippen molar-refractivity contribution >= 4 is 51.9 Å². The number of hydrogen-bond acceptors (Lipinski definition) is 8. The molecule has 31 heavy (non-hydrogen) atoms. The number of nitrogens with zero attached hydrogens (tertiary/aromatic N) is 1. The van der Waals surface area contributed by atoms with Crippen molar-refractivity contribution in [2.75, 3.05) is 31.3 Å². The highest BCUT2D eigenvalue weighted by Gasteiger charge is 2.28. The van der Waals surface area contributed by atoms with Gasteiger partial charge in [0.15, 0.2) is 0 Å². The van der Waals surface area contributed by atoms with Crippen LogP contribution in [-0.4, -0.2) is 54.7 Å². The number of thiophene rings is 1. The molecule has 0 aromatic carbocycles. The van der Waals surface area contributed by atoms with E-state index in [-0.39, 0.29) is 24.2 Å². The van der Waals surface area contributed by atoms with E-state index in [2.05, 4.69) is 10.1 Å². The van der Waals surface area contributed by atoms with E-state index in [9.17, 15) is 19.2 Å². The predicted molar refractivity (Wildman–Crippen MR) is 121 cm³/mol. The first-order chi connectivity index (χ1) is 14.5. The zero-order chi connectivity index (χ0) is 23.3. The van der Waals surface area contributed by atoms with Crippen LogP contribution in [0.5, 0.6) is 0 Å². The van der Waals surface area contributed by atoms with Gasteiger partial charge in [0.2, 0.25) is 11.8 Å². The number of thioether (sulfide) groups is 1. The number of rotatable bonds is 7. The van der Waals surface area contributed by atoms with Gasteiger partial charge in [-0.1, -0.05) is 32.5 Å². The van der Waals surface area contributed by atoms with Gasteiger partial charge in [-0.2, -0.15) is 0 Å². The number of ether oxygens (including phenoxy) is 2. The monoisotopic (exact) mass is 468 g/mol. The van der Waals surface area contributed by atoms with Crippen molar-refractivity contribution in [1.82, 2.24) is 4.90 Å². The number of methoxy groups -OCH3 is 1. The lowest BCUT2D eigenvalue weighted by molar-refractivity contribution is -0.135. The van der Waals surface area contributed by atoms with Gasteiger partial charge in [0.05, 0.1) is 36.1 Å². The minimum Gasteiger partial charge on any atom is -0.466 e. The Morgan fingerprint density at radius 1 is 1.23 bits per heavy atom. The van der Waals surface area contributed by atoms with Crippen LogP contribution in [0.3, 0.4) is 0 Å². The number of nitrogens with one attached hydrogen (secondary N) is 1. The molecule has 1 aliphatic rings. The molecule has 0 aliphatic carbocycles. The van der Waals surface area contributed by atoms with Crippen LogP contribution in [0, 0.1) is 19.3 Å². The van der Waals surface area contributed by atoms with Crippen LogP contribution in [0.4, 0.5) is 5.00 Å². The molecule has 0 atom stereocenters. The summed E-state index contributed by atoms with van der Waals surface area (Å²) in [4.78, 5) is 51.0. The molecule has 170 valence electrons. The molecule has 8 nitrogen and oxygen atoms in total. The topological polar surface area (TPSA) is 102 Å². The minimum atomic E-state index is -0.595. The van der Waals surface area contributed by atoms with Crippen molar-refractivity contribution in [3.63, 3.8) is 0 Å². The molecule has 10 heteroatoms. The fraction of sp³-hybridized carbons (Fsp3) is 0.524. The number of amides is 2. The molecule has 2 amide bonds. The summed E-state index contributed by atoms with van der Waals surface area (Å²) in [7, 11) is 1.27. The molecule has 0 unspecified atom stereocenters. The molecule has 1 aliphatic heterocycles. The summed E-state index contributed by atoms with van der Waals surface area (Å²) in [5, 5.41) is 3.84. The Bertz CT molecular complexity index is 914. The Balaban J connectivity index is 1.99. The fourth-order valence-corrected chi connectivity index (χ4v) is 4.64. The molecule has 2 rings (SSSR count). The maximum absolute atomic E-state index is 12.7. The number of aryl methyl sites for hydroxylation is 1. The number of hydrogen-bond donors (Lipinski definition) is 1. The number of anilines is 1. The van der Waals surface area contributed by atoms with Gasteiger partial charge in [0.25, 0.3) is 0 Å². The van der Waals surface area contributed by atoms with Crippen LogP contribution in [0.2, 0.25) is 0 Å². The average Bonchev–Trinajstić information content (AvgIpc) is 3.17. The first kappa shape index (κ1) is 24.9. The lowest BCUT2D eigenvalue weighted by atomic mass is 9.96. The maximum Gasteiger partial charge on any atom is 0.341 e. The second-order valence-electron chi connectivity index (χ2n) is 8.02. The van der Waals surface area contributed by atoms with Gasteiger partial charge in [-0.25, -0.2) is 9.59 Å². The average molecular weight is 469 g/mol. The molecule has 2 heterocycles. The normalized spacial score (nSPS) is 15.4. The molecule has 1 saturated heterocycles. The summed E-state index contributed by atoms with van der Waals surface area (Å²) in [6.45, 7) is 9.52. The van der Waals surface area contributed by atoms with Crippen molar-refractivity contribution in [2.45, 2.75) is 41.0 Å². The van der Waals surface area contributed by atoms with E-state index in [4.69, 9.17) is 4.74 Å². The second kappa shape index (κ2) is 10.3. The molecule has 0 saturated carbocycles. The molecule has 1 aromatic heterocycles. The molecule has 1 N–H and O–H groups in total. The van der Waals surface area contributed by atoms with Gasteiger partial charge in [0, 0.05) is 16.8 Å². The quantitative estimate of drug-likeness (QED) is 0.371. The summed E-state index contributed by atoms with van der Waals surface area (Å²) in [6.07, 6.45) is 1.69. The van der Waals surface area contributed by atoms with E-state index in [0.29, 0.717) is 28.6 Å². The Morgan fingerprint density at radius 3 is 2.52 bits per heavy atom. The number of esters is 2. The summed E-state index contributed by atoms with van der Waals surface area (Å²) in [5.41, 5.74) is 0.538. The van der Waals surface area contributed by atoms with Crippen LogP contribution < -0.4 is 5.32 Å². The highest BCUT2D eigenvalue weighted by Crippen LogP contribution is 2.34. The third kappa shape index (κ3) is 6.33. The zero-order valence-electron chi connectivity index (χ0n) is 18.6. The van der Waals surface area contributed by atoms with Crippen LogP contribution in [-0.2, 0) is 23.9 Å². The molecular weight excluding hydrogens is 440 g/mol. The van der Waals surface area contributed by atoms with Crippen molar-refractivity contribution in [3.8, 4) is 0 Å². The van der Waals surface area contributed by atoms with Crippen molar-refractivity contribution in [2.24, 2.45) is 5.41 Å². The SMILES string of the molecule is COC(=O)/C=C1/SCC(=O)N1CCCOC(=O)c1c(NC(=O)C(C)(C)C)sc(C)c1C. The van der Waals surface area contributed by atoms with Crippen LogP contribution >= 0.6 is 23.1 Å². The highest BCUT2D eigenvalue weighted by molar-refractivity contribution is 8.04. The summed E-state index contributed by atoms with van der Waals surface area (Å²) >= 11 is 2.61. The third-order valence-electron chi connectivity index (χ3n) is 4.61. The lowest BCUT2D eigenvalue weighted by Crippen LogP contribution is -2.28. The lowest BCUT2D eigenvalue weighted by Gasteiger charge is -2.18. The Labute approximate surface area is 190 Å². The summed E-state index contributed by atoms with van der Waals surface area (Å²) < 4.78 is 10.0. The largest absolute Gasteiger partial charge is 0.466 e. The van der Waals surface area contributed by atoms with Gasteiger partial charge in [0.1, 0.15) is 5.00 Å². The van der Waals surface area contributed by atoms with Crippen LogP contribution in [0.15, 0.2) is 11.1 Å². The molecule has 0 radical (unpaired) electrons. The van der Waals surface area contributed by atoms with Gasteiger partial charge in [-0.3, -0.25) is 9.59 Å². The van der Waals surface area contributed by atoms with Crippen LogP contribution in [0.25, 0.3) is 0 Å². The van der Waals surface area contributed by atoms with E-state index < -0.39 is 17.4 Å². The first-order valence-electron chi connectivity index (χ1n) is 9.77.